The van der Waals surface area contributed by atoms with Crippen LogP contribution in [0.2, 0.25) is 0 Å². The van der Waals surface area contributed by atoms with Gasteiger partial charge >= 0.3 is 0 Å². The maximum atomic E-state index is 5.64. The molecule has 1 aromatic heterocycles. The minimum Gasteiger partial charge on any atom is -0.338 e. The monoisotopic (exact) mass is 240 g/mol. The highest BCUT2D eigenvalue weighted by Gasteiger charge is 2.24. The molecule has 5 heteroatoms. The van der Waals surface area contributed by atoms with E-state index in [0.717, 1.165) is 18.7 Å². The number of hydrogen-bond acceptors (Lipinski definition) is 4. The first-order valence-electron chi connectivity index (χ1n) is 5.85. The summed E-state index contributed by atoms with van der Waals surface area (Å²) in [5, 5.41) is 0.685. The van der Waals surface area contributed by atoms with Crippen LogP contribution in [0.25, 0.3) is 0 Å². The maximum absolute atomic E-state index is 5.64. The topological polar surface area (TPSA) is 55.9 Å². The predicted octanol–water partition coefficient (Wildman–Crippen LogP) is 1.08. The van der Waals surface area contributed by atoms with E-state index in [1.54, 1.807) is 0 Å². The standard InChI is InChI=1S/C11H20N4S/c1-15-7-6-13-11(15)5-4-9(14-12)10-3-2-8-16-10/h6-7,9-10,14H,2-5,8,12H2,1H3. The van der Waals surface area contributed by atoms with E-state index < -0.39 is 0 Å². The molecule has 1 aromatic rings. The first kappa shape index (κ1) is 12.0. The summed E-state index contributed by atoms with van der Waals surface area (Å²) in [4.78, 5) is 4.34. The number of thioether (sulfide) groups is 1. The van der Waals surface area contributed by atoms with Crippen LogP contribution >= 0.6 is 11.8 Å². The Kier molecular flexibility index (Phi) is 4.26. The summed E-state index contributed by atoms with van der Waals surface area (Å²) in [6.45, 7) is 0. The van der Waals surface area contributed by atoms with Gasteiger partial charge in [0.1, 0.15) is 5.82 Å². The lowest BCUT2D eigenvalue weighted by atomic mass is 10.0. The molecule has 2 heterocycles. The average molecular weight is 240 g/mol. The van der Waals surface area contributed by atoms with Gasteiger partial charge in [-0.1, -0.05) is 0 Å². The van der Waals surface area contributed by atoms with E-state index in [4.69, 9.17) is 5.84 Å². The Bertz CT molecular complexity index is 320. The van der Waals surface area contributed by atoms with E-state index in [-0.39, 0.29) is 0 Å². The molecule has 0 aromatic carbocycles. The number of nitrogens with zero attached hydrogens (tertiary/aromatic N) is 2. The summed E-state index contributed by atoms with van der Waals surface area (Å²) in [5.74, 6) is 8.06. The molecule has 0 amide bonds. The van der Waals surface area contributed by atoms with Crippen LogP contribution in [0.5, 0.6) is 0 Å². The second kappa shape index (κ2) is 5.70. The molecule has 0 saturated carbocycles. The molecule has 0 aliphatic carbocycles. The van der Waals surface area contributed by atoms with Gasteiger partial charge < -0.3 is 4.57 Å². The SMILES string of the molecule is Cn1ccnc1CCC(NN)C1CCCS1. The highest BCUT2D eigenvalue weighted by molar-refractivity contribution is 8.00. The zero-order valence-corrected chi connectivity index (χ0v) is 10.5. The zero-order chi connectivity index (χ0) is 11.4. The summed E-state index contributed by atoms with van der Waals surface area (Å²) >= 11 is 2.05. The fourth-order valence-electron chi connectivity index (χ4n) is 2.22. The summed E-state index contributed by atoms with van der Waals surface area (Å²) < 4.78 is 2.08. The third kappa shape index (κ3) is 2.78. The van der Waals surface area contributed by atoms with Crippen molar-refractivity contribution in [2.75, 3.05) is 5.75 Å². The largest absolute Gasteiger partial charge is 0.338 e. The van der Waals surface area contributed by atoms with Crippen molar-refractivity contribution < 1.29 is 0 Å². The van der Waals surface area contributed by atoms with Gasteiger partial charge in [-0.15, -0.1) is 0 Å². The summed E-state index contributed by atoms with van der Waals surface area (Å²) in [6.07, 6.45) is 8.53. The molecule has 0 radical (unpaired) electrons. The highest BCUT2D eigenvalue weighted by atomic mass is 32.2. The minimum atomic E-state index is 0.421. The number of hydrogen-bond donors (Lipinski definition) is 2. The van der Waals surface area contributed by atoms with Crippen molar-refractivity contribution in [1.29, 1.82) is 0 Å². The smallest absolute Gasteiger partial charge is 0.108 e. The van der Waals surface area contributed by atoms with Crippen LogP contribution in [0.15, 0.2) is 12.4 Å². The fourth-order valence-corrected chi connectivity index (χ4v) is 3.63. The quantitative estimate of drug-likeness (QED) is 0.597. The predicted molar refractivity (Wildman–Crippen MR) is 68.1 cm³/mol. The average Bonchev–Trinajstić information content (AvgIpc) is 2.92. The van der Waals surface area contributed by atoms with Gasteiger partial charge in [0.2, 0.25) is 0 Å². The zero-order valence-electron chi connectivity index (χ0n) is 9.72. The van der Waals surface area contributed by atoms with Crippen LogP contribution < -0.4 is 11.3 Å². The highest BCUT2D eigenvalue weighted by Crippen LogP contribution is 2.30. The summed E-state index contributed by atoms with van der Waals surface area (Å²) in [5.41, 5.74) is 2.97. The lowest BCUT2D eigenvalue weighted by Gasteiger charge is -2.21. The molecule has 2 atom stereocenters. The van der Waals surface area contributed by atoms with Gasteiger partial charge in [-0.05, 0) is 25.0 Å². The van der Waals surface area contributed by atoms with Crippen LogP contribution in [0.1, 0.15) is 25.1 Å². The van der Waals surface area contributed by atoms with Crippen molar-refractivity contribution in [2.45, 2.75) is 37.0 Å². The second-order valence-corrected chi connectivity index (χ2v) is 5.66. The Morgan fingerprint density at radius 2 is 2.62 bits per heavy atom. The second-order valence-electron chi connectivity index (χ2n) is 4.32. The van der Waals surface area contributed by atoms with Gasteiger partial charge in [0.25, 0.3) is 0 Å². The molecule has 3 N–H and O–H groups in total. The van der Waals surface area contributed by atoms with E-state index in [2.05, 4.69) is 15.0 Å². The number of nitrogens with two attached hydrogens (primary N) is 1. The molecule has 90 valence electrons. The van der Waals surface area contributed by atoms with Crippen molar-refractivity contribution in [2.24, 2.45) is 12.9 Å². The molecule has 1 saturated heterocycles. The van der Waals surface area contributed by atoms with E-state index >= 15 is 0 Å². The van der Waals surface area contributed by atoms with Gasteiger partial charge in [-0.25, -0.2) is 4.98 Å². The third-order valence-corrected chi connectivity index (χ3v) is 4.74. The van der Waals surface area contributed by atoms with Crippen molar-refractivity contribution in [1.82, 2.24) is 15.0 Å². The Hall–Kier alpha value is -0.520. The number of imidazole rings is 1. The van der Waals surface area contributed by atoms with E-state index in [9.17, 15) is 0 Å². The first-order chi connectivity index (χ1) is 7.81. The molecule has 1 aliphatic heterocycles. The van der Waals surface area contributed by atoms with Crippen LogP contribution in [0.3, 0.4) is 0 Å². The molecule has 2 unspecified atom stereocenters. The van der Waals surface area contributed by atoms with E-state index in [1.165, 1.54) is 18.6 Å². The van der Waals surface area contributed by atoms with Crippen molar-refractivity contribution in [3.05, 3.63) is 18.2 Å². The van der Waals surface area contributed by atoms with Crippen LogP contribution in [-0.2, 0) is 13.5 Å². The molecule has 16 heavy (non-hydrogen) atoms. The number of hydrazine groups is 1. The Labute approximate surface area is 101 Å². The van der Waals surface area contributed by atoms with Crippen molar-refractivity contribution in [3.63, 3.8) is 0 Å². The van der Waals surface area contributed by atoms with E-state index in [0.29, 0.717) is 11.3 Å². The van der Waals surface area contributed by atoms with Crippen molar-refractivity contribution >= 4 is 11.8 Å². The third-order valence-electron chi connectivity index (χ3n) is 3.23. The van der Waals surface area contributed by atoms with Gasteiger partial charge in [0.15, 0.2) is 0 Å². The van der Waals surface area contributed by atoms with Crippen LogP contribution in [0, 0.1) is 0 Å². The maximum Gasteiger partial charge on any atom is 0.108 e. The molecule has 1 aliphatic rings. The van der Waals surface area contributed by atoms with E-state index in [1.807, 2.05) is 31.2 Å². The Morgan fingerprint density at radius 3 is 3.19 bits per heavy atom. The molecule has 2 rings (SSSR count). The first-order valence-corrected chi connectivity index (χ1v) is 6.90. The van der Waals surface area contributed by atoms with Gasteiger partial charge in [-0.3, -0.25) is 11.3 Å². The van der Waals surface area contributed by atoms with Crippen LogP contribution in [0.4, 0.5) is 0 Å². The van der Waals surface area contributed by atoms with Gasteiger partial charge in [-0.2, -0.15) is 11.8 Å². The molecular formula is C11H20N4S. The van der Waals surface area contributed by atoms with Crippen molar-refractivity contribution in [3.8, 4) is 0 Å². The molecular weight excluding hydrogens is 220 g/mol. The molecule has 0 spiro atoms. The summed E-state index contributed by atoms with van der Waals surface area (Å²) in [7, 11) is 2.04. The minimum absolute atomic E-state index is 0.421. The fraction of sp³-hybridized carbons (Fsp3) is 0.727. The lowest BCUT2D eigenvalue weighted by Crippen LogP contribution is -2.42. The normalized spacial score (nSPS) is 22.5. The molecule has 4 nitrogen and oxygen atoms in total. The number of rotatable bonds is 5. The van der Waals surface area contributed by atoms with Gasteiger partial charge in [0, 0.05) is 37.2 Å². The lowest BCUT2D eigenvalue weighted by molar-refractivity contribution is 0.462. The summed E-state index contributed by atoms with van der Waals surface area (Å²) in [6, 6.07) is 0.421. The molecule has 1 fully saturated rings. The number of nitrogens with one attached hydrogen (secondary N) is 1. The Morgan fingerprint density at radius 1 is 1.75 bits per heavy atom. The Balaban J connectivity index is 1.85. The number of aromatic nitrogens is 2. The van der Waals surface area contributed by atoms with Gasteiger partial charge in [0.05, 0.1) is 0 Å². The molecule has 0 bridgehead atoms. The van der Waals surface area contributed by atoms with Crippen LogP contribution in [-0.4, -0.2) is 26.6 Å². The number of aryl methyl sites for hydroxylation is 2.